The Hall–Kier alpha value is -1.95. The van der Waals surface area contributed by atoms with E-state index in [1.54, 1.807) is 12.3 Å². The molecule has 1 unspecified atom stereocenters. The van der Waals surface area contributed by atoms with Gasteiger partial charge < -0.3 is 25.4 Å². The molecule has 1 radical (unpaired) electrons. The van der Waals surface area contributed by atoms with Gasteiger partial charge in [-0.05, 0) is 78.5 Å². The maximum Gasteiger partial charge on any atom is 0.308 e. The first-order valence-corrected chi connectivity index (χ1v) is 28.3. The number of hydrogen-bond donors (Lipinski definition) is 2. The number of benzene rings is 1. The molecule has 3 rings (SSSR count). The molecule has 2 heterocycles. The standard InChI is InChI=1S/C50H79N6O8PS3.Y/c1-9-23-63-46(29-43(33(3)4)56(8)49(61)39(34(5)10-2)28-45(59)42-20-14-15-22-55(42)7)48-54-41(32-66-48)47(60)53-37(27-36-17-12-11-13-18-36)26-35(6)50(62)64-24-25-67-68-31-40(51)44(58)21-16-19-38(57)30-52-65;/h11-13,17-18,32-35,37,39-40,42-43,46,65H,9-10,14-16,19-31,51H2,1-8H3,(H,53,60);/t34?,35-,37+,39-,40+,42+,43+,46+;/m0./s1. The normalized spacial score (nSPS) is 17.0. The molecule has 1 saturated heterocycles. The summed E-state index contributed by atoms with van der Waals surface area (Å²) in [6.45, 7) is 13.8. The molecule has 8 atom stereocenters. The Labute approximate surface area is 451 Å². The van der Waals surface area contributed by atoms with E-state index in [0.717, 1.165) is 44.2 Å². The summed E-state index contributed by atoms with van der Waals surface area (Å²) in [6.07, 6.45) is 6.55. The zero-order valence-electron chi connectivity index (χ0n) is 42.3. The van der Waals surface area contributed by atoms with Crippen molar-refractivity contribution in [2.75, 3.05) is 51.9 Å². The van der Waals surface area contributed by atoms with E-state index in [1.807, 2.05) is 56.3 Å². The van der Waals surface area contributed by atoms with Crippen molar-refractivity contribution in [3.05, 3.63) is 52.0 Å². The Kier molecular flexibility index (Phi) is 31.6. The van der Waals surface area contributed by atoms with Crippen LogP contribution in [0.1, 0.15) is 139 Å². The number of ether oxygens (including phenoxy) is 2. The topological polar surface area (TPSA) is 191 Å². The molecule has 19 heteroatoms. The van der Waals surface area contributed by atoms with E-state index in [4.69, 9.17) is 20.2 Å². The fourth-order valence-electron chi connectivity index (χ4n) is 8.49. The third-order valence-electron chi connectivity index (χ3n) is 12.8. The van der Waals surface area contributed by atoms with Gasteiger partial charge in [0, 0.05) is 107 Å². The van der Waals surface area contributed by atoms with Gasteiger partial charge in [-0.15, -0.1) is 11.3 Å². The minimum atomic E-state index is -0.638. The van der Waals surface area contributed by atoms with Crippen molar-refractivity contribution in [1.29, 1.82) is 0 Å². The number of carbonyl (C=O) groups excluding carboxylic acids is 6. The third-order valence-corrected chi connectivity index (χ3v) is 16.3. The van der Waals surface area contributed by atoms with Crippen molar-refractivity contribution in [2.45, 2.75) is 149 Å². The van der Waals surface area contributed by atoms with Gasteiger partial charge in [0.1, 0.15) is 35.7 Å². The van der Waals surface area contributed by atoms with E-state index in [0.29, 0.717) is 48.8 Å². The van der Waals surface area contributed by atoms with E-state index in [2.05, 4.69) is 51.7 Å². The first kappa shape index (κ1) is 63.2. The van der Waals surface area contributed by atoms with Gasteiger partial charge in [-0.25, -0.2) is 4.98 Å². The van der Waals surface area contributed by atoms with Crippen LogP contribution in [0, 0.1) is 23.7 Å². The van der Waals surface area contributed by atoms with Gasteiger partial charge in [0.2, 0.25) is 5.91 Å². The van der Waals surface area contributed by atoms with Gasteiger partial charge in [0.25, 0.3) is 5.91 Å². The van der Waals surface area contributed by atoms with Crippen LogP contribution >= 0.6 is 42.0 Å². The van der Waals surface area contributed by atoms with Crippen LogP contribution in [0.5, 0.6) is 0 Å². The van der Waals surface area contributed by atoms with E-state index >= 15 is 0 Å². The van der Waals surface area contributed by atoms with Crippen molar-refractivity contribution in [1.82, 2.24) is 20.1 Å². The molecule has 1 fully saturated rings. The Morgan fingerprint density at radius 3 is 2.41 bits per heavy atom. The van der Waals surface area contributed by atoms with Crippen molar-refractivity contribution < 1.29 is 71.0 Å². The molecule has 69 heavy (non-hydrogen) atoms. The number of rotatable bonds is 34. The van der Waals surface area contributed by atoms with Crippen molar-refractivity contribution in [3.63, 3.8) is 0 Å². The number of likely N-dealkylation sites (tertiary alicyclic amines) is 1. The average Bonchev–Trinajstić information content (AvgIpc) is 3.82. The molecule has 0 bridgehead atoms. The summed E-state index contributed by atoms with van der Waals surface area (Å²) in [4.78, 5) is 88.1. The second-order valence-corrected chi connectivity index (χ2v) is 22.5. The van der Waals surface area contributed by atoms with Crippen LogP contribution in [0.2, 0.25) is 0 Å². The second kappa shape index (κ2) is 34.5. The molecule has 1 aliphatic rings. The van der Waals surface area contributed by atoms with Crippen LogP contribution in [0.3, 0.4) is 0 Å². The van der Waals surface area contributed by atoms with Crippen molar-refractivity contribution >= 4 is 77.1 Å². The molecule has 0 aliphatic carbocycles. The van der Waals surface area contributed by atoms with Gasteiger partial charge in [0.15, 0.2) is 11.6 Å². The van der Waals surface area contributed by atoms with Gasteiger partial charge in [-0.2, -0.15) is 0 Å². The maximum atomic E-state index is 14.4. The molecular formula is C50H79N6O8PS3Y. The number of hydrogen-bond acceptors (Lipinski definition) is 15. The zero-order valence-corrected chi connectivity index (χ0v) is 48.6. The number of nitrogens with one attached hydrogen (secondary N) is 1. The number of aromatic nitrogens is 1. The van der Waals surface area contributed by atoms with Crippen LogP contribution < -0.4 is 11.1 Å². The molecule has 1 aromatic heterocycles. The van der Waals surface area contributed by atoms with Crippen LogP contribution in [0.4, 0.5) is 0 Å². The van der Waals surface area contributed by atoms with E-state index in [1.165, 1.54) is 32.9 Å². The number of thiazole rings is 1. The minimum Gasteiger partial charge on any atom is -0.465 e. The number of Topliss-reactive ketones (excluding diaryl/α,β-unsaturated/α-hetero) is 3. The molecule has 0 saturated carbocycles. The van der Waals surface area contributed by atoms with Crippen LogP contribution in [0.25, 0.3) is 0 Å². The maximum absolute atomic E-state index is 14.4. The summed E-state index contributed by atoms with van der Waals surface area (Å²) in [5, 5.41) is 5.54. The Bertz CT molecular complexity index is 1900. The molecule has 3 N–H and O–H groups in total. The van der Waals surface area contributed by atoms with Gasteiger partial charge in [-0.3, -0.25) is 38.4 Å². The van der Waals surface area contributed by atoms with Crippen LogP contribution in [-0.2, 0) is 72.6 Å². The quantitative estimate of drug-likeness (QED) is 0.0293. The van der Waals surface area contributed by atoms with E-state index < -0.39 is 30.0 Å². The summed E-state index contributed by atoms with van der Waals surface area (Å²) >= 11 is 1.36. The van der Waals surface area contributed by atoms with Gasteiger partial charge in [-0.1, -0.05) is 106 Å². The third kappa shape index (κ3) is 22.4. The molecule has 1 aromatic carbocycles. The fraction of sp³-hybridized carbons (Fsp3) is 0.700. The molecular weight excluding hydrogens is 1030 g/mol. The molecule has 2 amide bonds. The minimum absolute atomic E-state index is 0. The Morgan fingerprint density at radius 1 is 1.03 bits per heavy atom. The van der Waals surface area contributed by atoms with E-state index in [9.17, 15) is 28.8 Å². The number of nitrogens with two attached hydrogens (primary N) is 1. The van der Waals surface area contributed by atoms with Crippen molar-refractivity contribution in [2.24, 2.45) is 34.2 Å². The van der Waals surface area contributed by atoms with Crippen LogP contribution in [0.15, 0.2) is 40.5 Å². The largest absolute Gasteiger partial charge is 0.465 e. The van der Waals surface area contributed by atoms with E-state index in [-0.39, 0.29) is 130 Å². The molecule has 1 aliphatic heterocycles. The smallest absolute Gasteiger partial charge is 0.308 e. The Balaban J connectivity index is 0.0000163. The number of ketones is 3. The first-order chi connectivity index (χ1) is 32.5. The van der Waals surface area contributed by atoms with Gasteiger partial charge >= 0.3 is 5.97 Å². The molecule has 14 nitrogen and oxygen atoms in total. The first-order valence-electron chi connectivity index (χ1n) is 24.5. The zero-order chi connectivity index (χ0) is 50.2. The number of amides is 2. The number of nitrogens with zero attached hydrogens (tertiary/aromatic N) is 4. The predicted molar refractivity (Wildman–Crippen MR) is 278 cm³/mol. The SMILES string of the molecule is CCCO[C@H](C[C@H](C(C)C)N(C)C(=O)[C@@H](CC(=O)[C@H]1CCCCN1C)C(C)CC)c1nc(C(=O)N[C@@H](Cc2ccccc2)C[C@H](C)C(=O)OCCSSC[C@@H](N)C(=O)CCCC(=O)CN=P)cs1.[Y]. The second-order valence-electron chi connectivity index (χ2n) is 18.6. The summed E-state index contributed by atoms with van der Waals surface area (Å²) in [6, 6.07) is 8.39. The number of esters is 1. The summed E-state index contributed by atoms with van der Waals surface area (Å²) < 4.78 is 15.7. The molecule has 0 spiro atoms. The predicted octanol–water partition coefficient (Wildman–Crippen LogP) is 8.84. The molecule has 383 valence electrons. The Morgan fingerprint density at radius 2 is 1.75 bits per heavy atom. The number of carbonyl (C=O) groups is 6. The summed E-state index contributed by atoms with van der Waals surface area (Å²) in [7, 11) is 9.69. The molecule has 2 aromatic rings. The van der Waals surface area contributed by atoms with Gasteiger partial charge in [0.05, 0.1) is 18.0 Å². The van der Waals surface area contributed by atoms with Crippen molar-refractivity contribution in [3.8, 4) is 0 Å². The monoisotopic (exact) mass is 1110 g/mol. The number of likely N-dealkylation sites (N-methyl/N-ethyl adjacent to an activating group) is 1. The summed E-state index contributed by atoms with van der Waals surface area (Å²) in [5.74, 6) is -0.637. The average molecular weight is 1110 g/mol. The fourth-order valence-corrected chi connectivity index (χ4v) is 11.5. The van der Waals surface area contributed by atoms with Crippen LogP contribution in [-0.4, -0.2) is 126 Å². The summed E-state index contributed by atoms with van der Waals surface area (Å²) in [5.41, 5.74) is 7.32. The number of piperidine rings is 1.